The van der Waals surface area contributed by atoms with Crippen LogP contribution in [0.1, 0.15) is 55.8 Å². The number of carbonyl (C=O) groups excluding carboxylic acids is 1. The fraction of sp³-hybridized carbons (Fsp3) is 0.486. The highest BCUT2D eigenvalue weighted by atomic mass is 16.6. The van der Waals surface area contributed by atoms with Crippen molar-refractivity contribution in [3.05, 3.63) is 83.9 Å². The standard InChI is InChI=1S/C35H44N6O5/c1-22(2)23-14-16-40(17-15-23)29(42)18-28-38-33(36-19-26(24-10-6-4-7-11-24)25-12-8-5-9-13-25)30-34(39-28)41(21-37-30)35-32(44)31(43)27(46-35)20-45-3/h4-13,21-23,26-27,31-32,35,43-44H,14-20H2,1-3H3,(H,36,38,39)/t27-,31-,32-,35-/m1/s1. The number of piperidine rings is 1. The Hall–Kier alpha value is -3.90. The zero-order valence-corrected chi connectivity index (χ0v) is 26.7. The molecule has 2 aliphatic heterocycles. The maximum atomic E-state index is 13.5. The van der Waals surface area contributed by atoms with Gasteiger partial charge in [-0.1, -0.05) is 74.5 Å². The fourth-order valence-corrected chi connectivity index (χ4v) is 6.67. The predicted octanol–water partition coefficient (Wildman–Crippen LogP) is 3.77. The van der Waals surface area contributed by atoms with E-state index >= 15 is 0 Å². The molecule has 0 saturated carbocycles. The van der Waals surface area contributed by atoms with Gasteiger partial charge >= 0.3 is 0 Å². The molecule has 0 spiro atoms. The molecule has 1 amide bonds. The highest BCUT2D eigenvalue weighted by Crippen LogP contribution is 2.33. The average molecular weight is 629 g/mol. The van der Waals surface area contributed by atoms with Crippen LogP contribution in [0.15, 0.2) is 67.0 Å². The molecule has 0 bridgehead atoms. The van der Waals surface area contributed by atoms with Crippen molar-refractivity contribution in [2.75, 3.05) is 38.7 Å². The van der Waals surface area contributed by atoms with E-state index in [1.807, 2.05) is 41.3 Å². The van der Waals surface area contributed by atoms with Gasteiger partial charge in [0.05, 0.1) is 19.4 Å². The van der Waals surface area contributed by atoms with E-state index in [2.05, 4.69) is 48.4 Å². The van der Waals surface area contributed by atoms with Gasteiger partial charge in [-0.15, -0.1) is 0 Å². The number of carbonyl (C=O) groups is 1. The molecule has 46 heavy (non-hydrogen) atoms. The van der Waals surface area contributed by atoms with Gasteiger partial charge in [-0.05, 0) is 35.8 Å². The lowest BCUT2D eigenvalue weighted by Crippen LogP contribution is -2.40. The zero-order chi connectivity index (χ0) is 32.2. The molecule has 3 N–H and O–H groups in total. The summed E-state index contributed by atoms with van der Waals surface area (Å²) in [6, 6.07) is 20.6. The number of likely N-dealkylation sites (tertiary alicyclic amines) is 1. The largest absolute Gasteiger partial charge is 0.387 e. The highest BCUT2D eigenvalue weighted by Gasteiger charge is 2.44. The third kappa shape index (κ3) is 6.78. The zero-order valence-electron chi connectivity index (χ0n) is 26.7. The topological polar surface area (TPSA) is 135 Å². The van der Waals surface area contributed by atoms with Gasteiger partial charge in [-0.25, -0.2) is 15.0 Å². The van der Waals surface area contributed by atoms with Crippen LogP contribution in [0.3, 0.4) is 0 Å². The number of hydrogen-bond donors (Lipinski definition) is 3. The number of aliphatic hydroxyl groups excluding tert-OH is 2. The number of amides is 1. The molecule has 2 aromatic carbocycles. The Morgan fingerprint density at radius 1 is 1.00 bits per heavy atom. The van der Waals surface area contributed by atoms with Crippen LogP contribution in [0.25, 0.3) is 11.2 Å². The maximum absolute atomic E-state index is 13.5. The SMILES string of the molecule is COC[C@H]1O[C@@H](n2cnc3c(NCC(c4ccccc4)c4ccccc4)nc(CC(=O)N4CCC(C(C)C)CC4)nc32)[C@H](O)[C@@H]1O. The first-order valence-electron chi connectivity index (χ1n) is 16.2. The smallest absolute Gasteiger partial charge is 0.230 e. The normalized spacial score (nSPS) is 22.3. The molecule has 2 saturated heterocycles. The molecular formula is C35H44N6O5. The number of aromatic nitrogens is 4. The predicted molar refractivity (Wildman–Crippen MR) is 174 cm³/mol. The Balaban J connectivity index is 1.32. The second-order valence-corrected chi connectivity index (χ2v) is 12.7. The van der Waals surface area contributed by atoms with Crippen molar-refractivity contribution in [3.63, 3.8) is 0 Å². The van der Waals surface area contributed by atoms with Gasteiger partial charge in [0.15, 0.2) is 23.2 Å². The molecule has 244 valence electrons. The third-order valence-corrected chi connectivity index (χ3v) is 9.43. The van der Waals surface area contributed by atoms with Crippen LogP contribution in [0.4, 0.5) is 5.82 Å². The molecule has 2 aliphatic rings. The Morgan fingerprint density at radius 2 is 1.65 bits per heavy atom. The van der Waals surface area contributed by atoms with Crippen molar-refractivity contribution in [2.45, 2.75) is 63.6 Å². The molecular weight excluding hydrogens is 584 g/mol. The van der Waals surface area contributed by atoms with Crippen LogP contribution in [0.2, 0.25) is 0 Å². The third-order valence-electron chi connectivity index (χ3n) is 9.43. The van der Waals surface area contributed by atoms with E-state index in [9.17, 15) is 15.0 Å². The number of hydrogen-bond acceptors (Lipinski definition) is 9. The number of ether oxygens (including phenoxy) is 2. The van der Waals surface area contributed by atoms with Gasteiger partial charge in [-0.2, -0.15) is 0 Å². The molecule has 4 aromatic rings. The van der Waals surface area contributed by atoms with Gasteiger partial charge in [0.2, 0.25) is 5.91 Å². The minimum absolute atomic E-state index is 0.0160. The van der Waals surface area contributed by atoms with Gasteiger partial charge in [0.25, 0.3) is 0 Å². The number of fused-ring (bicyclic) bond motifs is 1. The Morgan fingerprint density at radius 3 is 2.26 bits per heavy atom. The number of imidazole rings is 1. The van der Waals surface area contributed by atoms with Crippen molar-refractivity contribution in [2.24, 2.45) is 11.8 Å². The molecule has 0 aliphatic carbocycles. The monoisotopic (exact) mass is 628 g/mol. The number of nitrogens with one attached hydrogen (secondary N) is 1. The van der Waals surface area contributed by atoms with E-state index in [0.717, 1.165) is 37.1 Å². The highest BCUT2D eigenvalue weighted by molar-refractivity contribution is 5.84. The van der Waals surface area contributed by atoms with Crippen LogP contribution < -0.4 is 5.32 Å². The first kappa shape index (κ1) is 32.1. The molecule has 11 heteroatoms. The molecule has 6 rings (SSSR count). The summed E-state index contributed by atoms with van der Waals surface area (Å²) in [5.41, 5.74) is 3.19. The van der Waals surface area contributed by atoms with Crippen molar-refractivity contribution in [1.82, 2.24) is 24.4 Å². The Kier molecular flexibility index (Phi) is 9.93. The van der Waals surface area contributed by atoms with Crippen LogP contribution in [0.5, 0.6) is 0 Å². The van der Waals surface area contributed by atoms with Gasteiger partial charge < -0.3 is 29.9 Å². The number of nitrogens with zero attached hydrogens (tertiary/aromatic N) is 5. The van der Waals surface area contributed by atoms with Gasteiger partial charge in [0.1, 0.15) is 24.1 Å². The first-order valence-corrected chi connectivity index (χ1v) is 16.2. The summed E-state index contributed by atoms with van der Waals surface area (Å²) in [6.07, 6.45) is -0.473. The number of methoxy groups -OCH3 is 1. The van der Waals surface area contributed by atoms with Crippen molar-refractivity contribution in [1.29, 1.82) is 0 Å². The van der Waals surface area contributed by atoms with E-state index in [1.165, 1.54) is 13.4 Å². The van der Waals surface area contributed by atoms with Crippen molar-refractivity contribution < 1.29 is 24.5 Å². The lowest BCUT2D eigenvalue weighted by molar-refractivity contribution is -0.132. The lowest BCUT2D eigenvalue weighted by Gasteiger charge is -2.33. The molecule has 0 unspecified atom stereocenters. The summed E-state index contributed by atoms with van der Waals surface area (Å²) >= 11 is 0. The Labute approximate surface area is 269 Å². The van der Waals surface area contributed by atoms with Gasteiger partial charge in [0, 0.05) is 32.7 Å². The summed E-state index contributed by atoms with van der Waals surface area (Å²) < 4.78 is 12.8. The van der Waals surface area contributed by atoms with Crippen LogP contribution in [0, 0.1) is 11.8 Å². The van der Waals surface area contributed by atoms with Crippen LogP contribution >= 0.6 is 0 Å². The molecule has 0 radical (unpaired) electrons. The quantitative estimate of drug-likeness (QED) is 0.227. The van der Waals surface area contributed by atoms with E-state index in [1.54, 1.807) is 4.57 Å². The molecule has 2 aromatic heterocycles. The minimum Gasteiger partial charge on any atom is -0.387 e. The maximum Gasteiger partial charge on any atom is 0.230 e. The van der Waals surface area contributed by atoms with E-state index < -0.39 is 24.5 Å². The summed E-state index contributed by atoms with van der Waals surface area (Å²) in [7, 11) is 1.51. The van der Waals surface area contributed by atoms with Crippen LogP contribution in [-0.4, -0.2) is 92.2 Å². The Bertz CT molecular complexity index is 1550. The molecule has 2 fully saturated rings. The molecule has 4 atom stereocenters. The molecule has 4 heterocycles. The van der Waals surface area contributed by atoms with Crippen molar-refractivity contribution in [3.8, 4) is 0 Å². The fourth-order valence-electron chi connectivity index (χ4n) is 6.67. The van der Waals surface area contributed by atoms with Gasteiger partial charge in [-0.3, -0.25) is 9.36 Å². The summed E-state index contributed by atoms with van der Waals surface area (Å²) in [5, 5.41) is 25.1. The van der Waals surface area contributed by atoms with E-state index in [4.69, 9.17) is 19.4 Å². The minimum atomic E-state index is -1.23. The molecule has 11 nitrogen and oxygen atoms in total. The van der Waals surface area contributed by atoms with E-state index in [-0.39, 0.29) is 24.9 Å². The van der Waals surface area contributed by atoms with Crippen LogP contribution in [-0.2, 0) is 20.7 Å². The summed E-state index contributed by atoms with van der Waals surface area (Å²) in [4.78, 5) is 29.7. The number of aliphatic hydroxyl groups is 2. The first-order chi connectivity index (χ1) is 22.3. The number of anilines is 1. The average Bonchev–Trinajstić information content (AvgIpc) is 3.62. The lowest BCUT2D eigenvalue weighted by atomic mass is 9.86. The second-order valence-electron chi connectivity index (χ2n) is 12.7. The second kappa shape index (κ2) is 14.3. The van der Waals surface area contributed by atoms with E-state index in [0.29, 0.717) is 41.2 Å². The number of benzene rings is 2. The summed E-state index contributed by atoms with van der Waals surface area (Å²) in [5.74, 6) is 2.07. The van der Waals surface area contributed by atoms with Crippen molar-refractivity contribution >= 4 is 22.9 Å². The number of rotatable bonds is 11. The summed E-state index contributed by atoms with van der Waals surface area (Å²) in [6.45, 7) is 6.57.